The van der Waals surface area contributed by atoms with Crippen molar-refractivity contribution in [1.82, 2.24) is 0 Å². The summed E-state index contributed by atoms with van der Waals surface area (Å²) in [5, 5.41) is 0. The molecule has 0 radical (unpaired) electrons. The first-order valence-corrected chi connectivity index (χ1v) is 7.54. The minimum absolute atomic E-state index is 0.0975. The third-order valence-electron chi connectivity index (χ3n) is 2.85. The zero-order valence-corrected chi connectivity index (χ0v) is 12.1. The van der Waals surface area contributed by atoms with Gasteiger partial charge in [-0.2, -0.15) is 8.42 Å². The van der Waals surface area contributed by atoms with Gasteiger partial charge in [-0.25, -0.2) is 0 Å². The predicted octanol–water partition coefficient (Wildman–Crippen LogP) is 2.97. The Morgan fingerprint density at radius 2 is 1.88 bits per heavy atom. The highest BCUT2D eigenvalue weighted by Gasteiger charge is 2.45. The van der Waals surface area contributed by atoms with Gasteiger partial charge in [0.05, 0.1) is 0 Å². The van der Waals surface area contributed by atoms with Gasteiger partial charge in [-0.05, 0) is 37.8 Å². The lowest BCUT2D eigenvalue weighted by Gasteiger charge is -2.15. The van der Waals surface area contributed by atoms with Crippen LogP contribution < -0.4 is 0 Å². The van der Waals surface area contributed by atoms with Crippen molar-refractivity contribution in [2.24, 2.45) is 0 Å². The average Bonchev–Trinajstić information content (AvgIpc) is 2.80. The van der Waals surface area contributed by atoms with Crippen molar-refractivity contribution >= 4 is 32.7 Å². The fourth-order valence-electron chi connectivity index (χ4n) is 2.01. The summed E-state index contributed by atoms with van der Waals surface area (Å²) in [6.07, 6.45) is 1.94. The monoisotopic (exact) mass is 352 g/mol. The normalized spacial score (nSPS) is 18.5. The van der Waals surface area contributed by atoms with Crippen molar-refractivity contribution in [3.63, 3.8) is 0 Å². The SMILES string of the molecule is Cc1cc(C)c(S(=O)(=O)O)c(C2(I)CC2)c1. The van der Waals surface area contributed by atoms with Crippen LogP contribution in [0.2, 0.25) is 0 Å². The molecule has 0 unspecified atom stereocenters. The highest BCUT2D eigenvalue weighted by Crippen LogP contribution is 2.56. The minimum atomic E-state index is -4.13. The Bertz CT molecular complexity index is 545. The molecule has 1 saturated carbocycles. The Morgan fingerprint density at radius 3 is 2.31 bits per heavy atom. The van der Waals surface area contributed by atoms with Crippen LogP contribution in [-0.4, -0.2) is 13.0 Å². The quantitative estimate of drug-likeness (QED) is 0.506. The van der Waals surface area contributed by atoms with Gasteiger partial charge in [-0.15, -0.1) is 0 Å². The Balaban J connectivity index is 2.76. The summed E-state index contributed by atoms with van der Waals surface area (Å²) < 4.78 is 32.0. The van der Waals surface area contributed by atoms with E-state index in [-0.39, 0.29) is 8.32 Å². The number of alkyl halides is 1. The van der Waals surface area contributed by atoms with Crippen LogP contribution in [0.15, 0.2) is 17.0 Å². The molecule has 0 saturated heterocycles. The summed E-state index contributed by atoms with van der Waals surface area (Å²) in [7, 11) is -4.13. The number of rotatable bonds is 2. The molecule has 0 atom stereocenters. The van der Waals surface area contributed by atoms with Gasteiger partial charge in [0.1, 0.15) is 4.90 Å². The van der Waals surface area contributed by atoms with Gasteiger partial charge in [0.15, 0.2) is 0 Å². The molecule has 88 valence electrons. The molecule has 0 heterocycles. The van der Waals surface area contributed by atoms with Gasteiger partial charge in [-0.1, -0.05) is 40.3 Å². The molecule has 1 aliphatic carbocycles. The van der Waals surface area contributed by atoms with E-state index in [1.807, 2.05) is 13.0 Å². The number of hydrogen-bond donors (Lipinski definition) is 1. The highest BCUT2D eigenvalue weighted by atomic mass is 127. The second-order valence-electron chi connectivity index (χ2n) is 4.40. The largest absolute Gasteiger partial charge is 0.295 e. The van der Waals surface area contributed by atoms with Crippen molar-refractivity contribution in [2.75, 3.05) is 0 Å². The van der Waals surface area contributed by atoms with E-state index in [2.05, 4.69) is 22.6 Å². The maximum absolute atomic E-state index is 11.4. The van der Waals surface area contributed by atoms with Gasteiger partial charge in [0.2, 0.25) is 0 Å². The lowest BCUT2D eigenvalue weighted by molar-refractivity contribution is 0.481. The molecule has 1 fully saturated rings. The lowest BCUT2D eigenvalue weighted by atomic mass is 10.0. The van der Waals surface area contributed by atoms with E-state index >= 15 is 0 Å². The Kier molecular flexibility index (Phi) is 2.83. The summed E-state index contributed by atoms with van der Waals surface area (Å²) >= 11 is 2.28. The first kappa shape index (κ1) is 12.3. The molecule has 0 aromatic heterocycles. The average molecular weight is 352 g/mol. The van der Waals surface area contributed by atoms with Crippen molar-refractivity contribution < 1.29 is 13.0 Å². The summed E-state index contributed by atoms with van der Waals surface area (Å²) in [6, 6.07) is 3.66. The summed E-state index contributed by atoms with van der Waals surface area (Å²) in [5.41, 5.74) is 2.41. The molecule has 3 nitrogen and oxygen atoms in total. The van der Waals surface area contributed by atoms with Crippen molar-refractivity contribution in [2.45, 2.75) is 35.0 Å². The van der Waals surface area contributed by atoms with E-state index in [1.165, 1.54) is 0 Å². The molecule has 5 heteroatoms. The third kappa shape index (κ3) is 2.12. The minimum Gasteiger partial charge on any atom is -0.282 e. The maximum atomic E-state index is 11.4. The molecule has 1 aromatic carbocycles. The highest BCUT2D eigenvalue weighted by molar-refractivity contribution is 14.1. The van der Waals surface area contributed by atoms with Gasteiger partial charge in [0, 0.05) is 3.42 Å². The van der Waals surface area contributed by atoms with Crippen LogP contribution >= 0.6 is 22.6 Å². The molecular formula is C11H13IO3S. The maximum Gasteiger partial charge on any atom is 0.295 e. The van der Waals surface area contributed by atoms with E-state index in [4.69, 9.17) is 0 Å². The fourth-order valence-corrected chi connectivity index (χ4v) is 3.88. The second kappa shape index (κ2) is 3.68. The van der Waals surface area contributed by atoms with E-state index in [1.54, 1.807) is 13.0 Å². The zero-order chi connectivity index (χ0) is 12.1. The van der Waals surface area contributed by atoms with E-state index in [0.717, 1.165) is 24.0 Å². The van der Waals surface area contributed by atoms with Crippen LogP contribution in [0.1, 0.15) is 29.5 Å². The van der Waals surface area contributed by atoms with Crippen molar-refractivity contribution in [3.05, 3.63) is 28.8 Å². The lowest BCUT2D eigenvalue weighted by Crippen LogP contribution is -2.10. The van der Waals surface area contributed by atoms with Crippen LogP contribution in [0.3, 0.4) is 0 Å². The fraction of sp³-hybridized carbons (Fsp3) is 0.455. The molecule has 0 bridgehead atoms. The van der Waals surface area contributed by atoms with Crippen LogP contribution in [0.5, 0.6) is 0 Å². The zero-order valence-electron chi connectivity index (χ0n) is 9.12. The number of aryl methyl sites for hydroxylation is 2. The van der Waals surface area contributed by atoms with Crippen LogP contribution in [0.4, 0.5) is 0 Å². The molecule has 2 rings (SSSR count). The predicted molar refractivity (Wildman–Crippen MR) is 70.7 cm³/mol. The van der Waals surface area contributed by atoms with Gasteiger partial charge in [0.25, 0.3) is 10.1 Å². The summed E-state index contributed by atoms with van der Waals surface area (Å²) in [4.78, 5) is 0.102. The van der Waals surface area contributed by atoms with Gasteiger partial charge < -0.3 is 0 Å². The molecule has 1 N–H and O–H groups in total. The standard InChI is InChI=1S/C11H13IO3S/c1-7-5-8(2)10(16(13,14)15)9(6-7)11(12)3-4-11/h5-6H,3-4H2,1-2H3,(H,13,14,15). The van der Waals surface area contributed by atoms with Crippen LogP contribution in [0.25, 0.3) is 0 Å². The first-order valence-electron chi connectivity index (χ1n) is 5.02. The number of hydrogen-bond acceptors (Lipinski definition) is 2. The third-order valence-corrected chi connectivity index (χ3v) is 5.57. The molecule has 0 amide bonds. The molecule has 16 heavy (non-hydrogen) atoms. The van der Waals surface area contributed by atoms with Crippen LogP contribution in [-0.2, 0) is 13.5 Å². The smallest absolute Gasteiger partial charge is 0.282 e. The number of benzene rings is 1. The second-order valence-corrected chi connectivity index (χ2v) is 7.82. The Hall–Kier alpha value is -0.140. The molecule has 0 aliphatic heterocycles. The molecule has 0 spiro atoms. The molecule has 1 aromatic rings. The summed E-state index contributed by atoms with van der Waals surface area (Å²) in [5.74, 6) is 0. The molecular weight excluding hydrogens is 339 g/mol. The van der Waals surface area contributed by atoms with Crippen molar-refractivity contribution in [1.29, 1.82) is 0 Å². The van der Waals surface area contributed by atoms with E-state index < -0.39 is 10.1 Å². The van der Waals surface area contributed by atoms with E-state index in [0.29, 0.717) is 5.56 Å². The topological polar surface area (TPSA) is 54.4 Å². The van der Waals surface area contributed by atoms with Crippen molar-refractivity contribution in [3.8, 4) is 0 Å². The summed E-state index contributed by atoms with van der Waals surface area (Å²) in [6.45, 7) is 3.66. The molecule has 1 aliphatic rings. The van der Waals surface area contributed by atoms with Gasteiger partial charge >= 0.3 is 0 Å². The first-order chi connectivity index (χ1) is 7.24. The van der Waals surface area contributed by atoms with E-state index in [9.17, 15) is 13.0 Å². The Morgan fingerprint density at radius 1 is 1.31 bits per heavy atom. The van der Waals surface area contributed by atoms with Crippen LogP contribution in [0, 0.1) is 13.8 Å². The Labute approximate surface area is 109 Å². The van der Waals surface area contributed by atoms with Gasteiger partial charge in [-0.3, -0.25) is 4.55 Å². The number of halogens is 1.